The van der Waals surface area contributed by atoms with E-state index in [1.165, 1.54) is 6.92 Å². The number of hydrogen-bond acceptors (Lipinski definition) is 7. The van der Waals surface area contributed by atoms with Crippen molar-refractivity contribution in [3.63, 3.8) is 0 Å². The smallest absolute Gasteiger partial charge is 0.489 e. The molecule has 1 aliphatic heterocycles. The van der Waals surface area contributed by atoms with E-state index in [0.29, 0.717) is 35.2 Å². The van der Waals surface area contributed by atoms with Crippen LogP contribution in [-0.4, -0.2) is 82.2 Å². The van der Waals surface area contributed by atoms with Gasteiger partial charge < -0.3 is 30.1 Å². The number of nitrogens with zero attached hydrogens (tertiary/aromatic N) is 1. The Kier molecular flexibility index (Phi) is 11.2. The van der Waals surface area contributed by atoms with Crippen molar-refractivity contribution < 1.29 is 52.3 Å². The van der Waals surface area contributed by atoms with Crippen LogP contribution in [0.5, 0.6) is 11.5 Å². The Labute approximate surface area is 220 Å². The normalized spacial score (nSPS) is 18.1. The van der Waals surface area contributed by atoms with Crippen molar-refractivity contribution >= 4 is 35.1 Å². The van der Waals surface area contributed by atoms with Gasteiger partial charge in [0.2, 0.25) is 5.91 Å². The molecule has 1 saturated heterocycles. The highest BCUT2D eigenvalue weighted by Crippen LogP contribution is 2.26. The summed E-state index contributed by atoms with van der Waals surface area (Å²) in [5, 5.41) is 30.4. The van der Waals surface area contributed by atoms with Crippen LogP contribution in [0.4, 0.5) is 18.9 Å². The average molecular weight is 563 g/mol. The van der Waals surface area contributed by atoms with E-state index in [-0.39, 0.29) is 25.2 Å². The van der Waals surface area contributed by atoms with Crippen LogP contribution < -0.4 is 14.8 Å². The molecule has 3 atom stereocenters. The zero-order valence-corrected chi connectivity index (χ0v) is 20.8. The second-order valence-corrected chi connectivity index (χ2v) is 8.62. The van der Waals surface area contributed by atoms with Gasteiger partial charge in [-0.15, -0.1) is 0 Å². The van der Waals surface area contributed by atoms with Gasteiger partial charge in [0, 0.05) is 31.5 Å². The molecule has 2 aromatic carbocycles. The number of carboxylic acids is 2. The lowest BCUT2D eigenvalue weighted by molar-refractivity contribution is -0.192. The fourth-order valence-electron chi connectivity index (χ4n) is 3.51. The second kappa shape index (κ2) is 13.8. The Morgan fingerprint density at radius 1 is 1.13 bits per heavy atom. The number of aliphatic hydroxyl groups excluding tert-OH is 1. The van der Waals surface area contributed by atoms with E-state index in [1.807, 2.05) is 0 Å². The van der Waals surface area contributed by atoms with E-state index in [0.717, 1.165) is 0 Å². The lowest BCUT2D eigenvalue weighted by atomic mass is 10.2. The van der Waals surface area contributed by atoms with Crippen molar-refractivity contribution in [1.29, 1.82) is 0 Å². The number of benzene rings is 2. The number of aliphatic hydroxyl groups is 1. The average Bonchev–Trinajstić information content (AvgIpc) is 3.21. The molecule has 208 valence electrons. The molecule has 1 aliphatic rings. The summed E-state index contributed by atoms with van der Waals surface area (Å²) in [5.41, 5.74) is 0.503. The van der Waals surface area contributed by atoms with Crippen molar-refractivity contribution in [2.24, 2.45) is 0 Å². The summed E-state index contributed by atoms with van der Waals surface area (Å²) in [4.78, 5) is 33.6. The highest BCUT2D eigenvalue weighted by molar-refractivity contribution is 6.30. The van der Waals surface area contributed by atoms with E-state index in [4.69, 9.17) is 31.0 Å². The van der Waals surface area contributed by atoms with Gasteiger partial charge in [0.05, 0.1) is 5.69 Å². The lowest BCUT2D eigenvalue weighted by Gasteiger charge is -2.24. The number of aliphatic carboxylic acids is 2. The van der Waals surface area contributed by atoms with Crippen molar-refractivity contribution in [3.05, 3.63) is 53.6 Å². The van der Waals surface area contributed by atoms with Crippen LogP contribution in [0.1, 0.15) is 13.3 Å². The molecule has 38 heavy (non-hydrogen) atoms. The summed E-state index contributed by atoms with van der Waals surface area (Å²) >= 11 is 5.88. The number of nitrogens with one attached hydrogen (secondary N) is 1. The number of hydrogen-bond donors (Lipinski definition) is 4. The third-order valence-electron chi connectivity index (χ3n) is 5.08. The van der Waals surface area contributed by atoms with Gasteiger partial charge in [-0.2, -0.15) is 13.2 Å². The Hall–Kier alpha value is -3.55. The van der Waals surface area contributed by atoms with Crippen LogP contribution in [-0.2, 0) is 14.4 Å². The van der Waals surface area contributed by atoms with Gasteiger partial charge in [0.25, 0.3) is 0 Å². The number of amides is 1. The summed E-state index contributed by atoms with van der Waals surface area (Å²) in [6, 6.07) is 13.0. The number of halogens is 4. The van der Waals surface area contributed by atoms with Crippen LogP contribution in [0, 0.1) is 0 Å². The molecule has 14 heteroatoms. The van der Waals surface area contributed by atoms with Crippen LogP contribution >= 0.6 is 11.6 Å². The number of alkyl halides is 3. The number of ether oxygens (including phenoxy) is 2. The zero-order chi connectivity index (χ0) is 28.5. The topological polar surface area (TPSA) is 146 Å². The van der Waals surface area contributed by atoms with Crippen LogP contribution in [0.15, 0.2) is 48.5 Å². The first-order chi connectivity index (χ1) is 17.8. The highest BCUT2D eigenvalue weighted by Gasteiger charge is 2.39. The number of carbonyl (C=O) groups excluding carboxylic acids is 1. The Balaban J connectivity index is 0.000000638. The third kappa shape index (κ3) is 10.1. The monoisotopic (exact) mass is 562 g/mol. The summed E-state index contributed by atoms with van der Waals surface area (Å²) < 4.78 is 43.3. The number of carbonyl (C=O) groups is 3. The molecule has 1 amide bonds. The fourth-order valence-corrected chi connectivity index (χ4v) is 3.63. The molecule has 0 saturated carbocycles. The predicted molar refractivity (Wildman–Crippen MR) is 129 cm³/mol. The zero-order valence-electron chi connectivity index (χ0n) is 20.0. The van der Waals surface area contributed by atoms with E-state index in [9.17, 15) is 33.0 Å². The minimum Gasteiger partial charge on any atom is -0.489 e. The quantitative estimate of drug-likeness (QED) is 0.362. The largest absolute Gasteiger partial charge is 0.490 e. The molecule has 0 radical (unpaired) electrons. The summed E-state index contributed by atoms with van der Waals surface area (Å²) in [7, 11) is 0. The molecule has 2 aromatic rings. The van der Waals surface area contributed by atoms with Gasteiger partial charge in [-0.05, 0) is 36.4 Å². The van der Waals surface area contributed by atoms with Crippen LogP contribution in [0.3, 0.4) is 0 Å². The Morgan fingerprint density at radius 2 is 1.74 bits per heavy atom. The minimum atomic E-state index is -5.08. The molecule has 10 nitrogen and oxygen atoms in total. The molecule has 3 rings (SSSR count). The summed E-state index contributed by atoms with van der Waals surface area (Å²) in [5.74, 6) is -2.92. The standard InChI is InChI=1S/C22H25ClN2O6.C2HF3O2/c1-14(26)24-19-4-2-3-5-21(19)30-13-16(27)11-25-12-18(10-20(25)22(28)29)31-17-8-6-15(23)7-9-17;3-2(4,5)1(6)7/h2-9,16,18,20,27H,10-13H2,1H3,(H,24,26)(H,28,29);(H,6,7)/t16?,18-,20-;/m0./s1. The lowest BCUT2D eigenvalue weighted by Crippen LogP contribution is -2.42. The number of rotatable bonds is 9. The Bertz CT molecular complexity index is 1100. The molecule has 0 aromatic heterocycles. The summed E-state index contributed by atoms with van der Waals surface area (Å²) in [6.45, 7) is 1.81. The SMILES string of the molecule is CC(=O)Nc1ccccc1OCC(O)CN1C[C@@H](Oc2ccc(Cl)cc2)C[C@H]1C(=O)O.O=C(O)C(F)(F)F. The number of β-amino-alcohol motifs (C(OH)–C–C–N with tert-alkyl or cyclic N) is 1. The maximum absolute atomic E-state index is 11.7. The molecule has 0 aliphatic carbocycles. The number of carboxylic acid groups (broad SMARTS) is 2. The molecule has 1 unspecified atom stereocenters. The van der Waals surface area contributed by atoms with Crippen molar-refractivity contribution in [2.75, 3.05) is 25.0 Å². The first-order valence-corrected chi connectivity index (χ1v) is 11.5. The van der Waals surface area contributed by atoms with Gasteiger partial charge >= 0.3 is 18.1 Å². The number of para-hydroxylation sites is 2. The third-order valence-corrected chi connectivity index (χ3v) is 5.34. The first-order valence-electron chi connectivity index (χ1n) is 11.1. The van der Waals surface area contributed by atoms with Gasteiger partial charge in [-0.25, -0.2) is 4.79 Å². The fraction of sp³-hybridized carbons (Fsp3) is 0.375. The predicted octanol–water partition coefficient (Wildman–Crippen LogP) is 3.28. The number of likely N-dealkylation sites (tertiary alicyclic amines) is 1. The van der Waals surface area contributed by atoms with Gasteiger partial charge in [0.1, 0.15) is 36.4 Å². The van der Waals surface area contributed by atoms with Crippen molar-refractivity contribution in [3.8, 4) is 11.5 Å². The molecule has 0 spiro atoms. The number of anilines is 1. The highest BCUT2D eigenvalue weighted by atomic mass is 35.5. The van der Waals surface area contributed by atoms with Gasteiger partial charge in [0.15, 0.2) is 0 Å². The molecule has 1 fully saturated rings. The van der Waals surface area contributed by atoms with E-state index < -0.39 is 30.3 Å². The van der Waals surface area contributed by atoms with Gasteiger partial charge in [-0.3, -0.25) is 14.5 Å². The Morgan fingerprint density at radius 3 is 2.29 bits per heavy atom. The van der Waals surface area contributed by atoms with E-state index >= 15 is 0 Å². The maximum Gasteiger partial charge on any atom is 0.490 e. The first kappa shape index (κ1) is 30.7. The molecule has 0 bridgehead atoms. The molecule has 4 N–H and O–H groups in total. The van der Waals surface area contributed by atoms with Crippen molar-refractivity contribution in [1.82, 2.24) is 4.90 Å². The second-order valence-electron chi connectivity index (χ2n) is 8.18. The molecular weight excluding hydrogens is 537 g/mol. The van der Waals surface area contributed by atoms with Crippen molar-refractivity contribution in [2.45, 2.75) is 37.8 Å². The van der Waals surface area contributed by atoms with E-state index in [2.05, 4.69) is 5.32 Å². The van der Waals surface area contributed by atoms with Gasteiger partial charge in [-0.1, -0.05) is 23.7 Å². The van der Waals surface area contributed by atoms with E-state index in [1.54, 1.807) is 53.4 Å². The minimum absolute atomic E-state index is 0.0534. The van der Waals surface area contributed by atoms with Crippen LogP contribution in [0.2, 0.25) is 5.02 Å². The van der Waals surface area contributed by atoms with Crippen LogP contribution in [0.25, 0.3) is 0 Å². The molecule has 1 heterocycles. The maximum atomic E-state index is 11.7. The molecular formula is C24H26ClF3N2O8. The summed E-state index contributed by atoms with van der Waals surface area (Å²) in [6.07, 6.45) is -6.03.